The summed E-state index contributed by atoms with van der Waals surface area (Å²) in [5, 5.41) is 11.9. The summed E-state index contributed by atoms with van der Waals surface area (Å²) in [6, 6.07) is 16.3. The number of aromatic nitrogens is 2. The van der Waals surface area contributed by atoms with Crippen LogP contribution < -0.4 is 10.2 Å². The van der Waals surface area contributed by atoms with E-state index >= 15 is 0 Å². The molecule has 0 bridgehead atoms. The molecule has 1 aliphatic heterocycles. The van der Waals surface area contributed by atoms with E-state index in [4.69, 9.17) is 16.0 Å². The second kappa shape index (κ2) is 7.80. The summed E-state index contributed by atoms with van der Waals surface area (Å²) >= 11 is 6.01. The number of carbonyl (C=O) groups excluding carboxylic acids is 1. The average Bonchev–Trinajstić information content (AvgIpc) is 3.38. The topological polar surface area (TPSA) is 71.3 Å². The molecule has 1 fully saturated rings. The Labute approximate surface area is 162 Å². The van der Waals surface area contributed by atoms with Gasteiger partial charge in [0.05, 0.1) is 0 Å². The van der Waals surface area contributed by atoms with E-state index in [0.29, 0.717) is 22.5 Å². The summed E-state index contributed by atoms with van der Waals surface area (Å²) in [7, 11) is 0. The first-order chi connectivity index (χ1) is 13.2. The Morgan fingerprint density at radius 1 is 1.07 bits per heavy atom. The van der Waals surface area contributed by atoms with Gasteiger partial charge in [0.1, 0.15) is 6.04 Å². The summed E-state index contributed by atoms with van der Waals surface area (Å²) in [6.07, 6.45) is 2.23. The van der Waals surface area contributed by atoms with Crippen molar-refractivity contribution in [3.63, 3.8) is 0 Å². The Morgan fingerprint density at radius 3 is 2.59 bits per heavy atom. The molecule has 2 aromatic carbocycles. The summed E-state index contributed by atoms with van der Waals surface area (Å²) in [6.45, 7) is 1.82. The van der Waals surface area contributed by atoms with Gasteiger partial charge in [0.15, 0.2) is 0 Å². The van der Waals surface area contributed by atoms with Gasteiger partial charge in [0.25, 0.3) is 5.91 Å². The fourth-order valence-corrected chi connectivity index (χ4v) is 3.35. The van der Waals surface area contributed by atoms with Crippen molar-refractivity contribution in [3.8, 4) is 0 Å². The van der Waals surface area contributed by atoms with Crippen molar-refractivity contribution in [1.82, 2.24) is 15.5 Å². The Bertz CT molecular complexity index is 922. The Balaban J connectivity index is 1.62. The molecule has 138 valence electrons. The van der Waals surface area contributed by atoms with Crippen LogP contribution in [0.2, 0.25) is 5.02 Å². The predicted molar refractivity (Wildman–Crippen MR) is 103 cm³/mol. The lowest BCUT2D eigenvalue weighted by atomic mass is 10.1. The standard InChI is InChI=1S/C20H19ClN4O2/c21-16-10-6-9-15(13-16)18(26)22-17(14-7-2-1-3-8-14)19-23-24-20(27-19)25-11-4-5-12-25/h1-3,6-10,13,17H,4-5,11-12H2,(H,22,26)/t17-/m0/s1. The highest BCUT2D eigenvalue weighted by Gasteiger charge is 2.26. The molecule has 1 saturated heterocycles. The zero-order valence-corrected chi connectivity index (χ0v) is 15.4. The van der Waals surface area contributed by atoms with Gasteiger partial charge in [-0.25, -0.2) is 0 Å². The van der Waals surface area contributed by atoms with E-state index in [1.807, 2.05) is 30.3 Å². The van der Waals surface area contributed by atoms with Gasteiger partial charge in [-0.1, -0.05) is 53.1 Å². The third-order valence-corrected chi connectivity index (χ3v) is 4.78. The van der Waals surface area contributed by atoms with Crippen molar-refractivity contribution in [2.75, 3.05) is 18.0 Å². The van der Waals surface area contributed by atoms with Crippen molar-refractivity contribution in [2.24, 2.45) is 0 Å². The van der Waals surface area contributed by atoms with Gasteiger partial charge in [-0.05, 0) is 36.6 Å². The van der Waals surface area contributed by atoms with Crippen LogP contribution in [0.4, 0.5) is 6.01 Å². The maximum atomic E-state index is 12.7. The normalized spacial score (nSPS) is 14.9. The summed E-state index contributed by atoms with van der Waals surface area (Å²) in [5.74, 6) is 0.103. The Morgan fingerprint density at radius 2 is 1.85 bits per heavy atom. The molecule has 3 aromatic rings. The van der Waals surface area contributed by atoms with Crippen LogP contribution in [0.1, 0.15) is 40.7 Å². The first-order valence-corrected chi connectivity index (χ1v) is 9.28. The van der Waals surface area contributed by atoms with Gasteiger partial charge >= 0.3 is 6.01 Å². The van der Waals surface area contributed by atoms with E-state index in [9.17, 15) is 4.79 Å². The largest absolute Gasteiger partial charge is 0.405 e. The highest BCUT2D eigenvalue weighted by molar-refractivity contribution is 6.30. The number of hydrogen-bond donors (Lipinski definition) is 1. The fourth-order valence-electron chi connectivity index (χ4n) is 3.16. The van der Waals surface area contributed by atoms with E-state index in [1.54, 1.807) is 24.3 Å². The molecule has 0 saturated carbocycles. The Kier molecular flexibility index (Phi) is 5.07. The van der Waals surface area contributed by atoms with E-state index < -0.39 is 6.04 Å². The lowest BCUT2D eigenvalue weighted by Crippen LogP contribution is -2.29. The van der Waals surface area contributed by atoms with Crippen LogP contribution in [0.25, 0.3) is 0 Å². The van der Waals surface area contributed by atoms with Crippen molar-refractivity contribution >= 4 is 23.5 Å². The first-order valence-electron chi connectivity index (χ1n) is 8.90. The van der Waals surface area contributed by atoms with Crippen LogP contribution in [0.5, 0.6) is 0 Å². The van der Waals surface area contributed by atoms with Crippen LogP contribution in [-0.4, -0.2) is 29.2 Å². The van der Waals surface area contributed by atoms with E-state index in [1.165, 1.54) is 0 Å². The zero-order valence-electron chi connectivity index (χ0n) is 14.6. The van der Waals surface area contributed by atoms with Crippen LogP contribution >= 0.6 is 11.6 Å². The molecule has 7 heteroatoms. The highest BCUT2D eigenvalue weighted by atomic mass is 35.5. The zero-order chi connectivity index (χ0) is 18.6. The summed E-state index contributed by atoms with van der Waals surface area (Å²) in [4.78, 5) is 14.8. The number of hydrogen-bond acceptors (Lipinski definition) is 5. The maximum absolute atomic E-state index is 12.7. The third-order valence-electron chi connectivity index (χ3n) is 4.55. The average molecular weight is 383 g/mol. The van der Waals surface area contributed by atoms with Gasteiger partial charge in [0, 0.05) is 23.7 Å². The smallest absolute Gasteiger partial charge is 0.318 e. The molecule has 6 nitrogen and oxygen atoms in total. The second-order valence-electron chi connectivity index (χ2n) is 6.44. The molecule has 0 aliphatic carbocycles. The molecule has 1 atom stereocenters. The molecule has 1 aromatic heterocycles. The minimum absolute atomic E-state index is 0.257. The van der Waals surface area contributed by atoms with Crippen molar-refractivity contribution in [1.29, 1.82) is 0 Å². The minimum atomic E-state index is -0.540. The first kappa shape index (κ1) is 17.5. The lowest BCUT2D eigenvalue weighted by Gasteiger charge is -2.16. The molecule has 0 radical (unpaired) electrons. The molecule has 0 unspecified atom stereocenters. The SMILES string of the molecule is O=C(N[C@@H](c1ccccc1)c1nnc(N2CCCC2)o1)c1cccc(Cl)c1. The quantitative estimate of drug-likeness (QED) is 0.725. The van der Waals surface area contributed by atoms with Crippen LogP contribution in [0.3, 0.4) is 0 Å². The Hall–Kier alpha value is -2.86. The molecule has 1 amide bonds. The van der Waals surface area contributed by atoms with E-state index in [-0.39, 0.29) is 5.91 Å². The minimum Gasteiger partial charge on any atom is -0.405 e. The maximum Gasteiger partial charge on any atom is 0.318 e. The van der Waals surface area contributed by atoms with Crippen LogP contribution in [0, 0.1) is 0 Å². The number of nitrogens with zero attached hydrogens (tertiary/aromatic N) is 3. The van der Waals surface area contributed by atoms with Gasteiger partial charge in [0.2, 0.25) is 5.89 Å². The van der Waals surface area contributed by atoms with Crippen LogP contribution in [0.15, 0.2) is 59.0 Å². The number of benzene rings is 2. The van der Waals surface area contributed by atoms with Gasteiger partial charge in [-0.2, -0.15) is 0 Å². The van der Waals surface area contributed by atoms with Gasteiger partial charge in [-0.15, -0.1) is 5.10 Å². The van der Waals surface area contributed by atoms with Gasteiger partial charge < -0.3 is 14.6 Å². The molecular weight excluding hydrogens is 364 g/mol. The molecule has 1 N–H and O–H groups in total. The number of rotatable bonds is 5. The van der Waals surface area contributed by atoms with E-state index in [0.717, 1.165) is 31.5 Å². The molecule has 2 heterocycles. The molecule has 0 spiro atoms. The summed E-state index contributed by atoms with van der Waals surface area (Å²) in [5.41, 5.74) is 1.34. The third kappa shape index (κ3) is 3.95. The number of carbonyl (C=O) groups is 1. The summed E-state index contributed by atoms with van der Waals surface area (Å²) < 4.78 is 5.91. The second-order valence-corrected chi connectivity index (χ2v) is 6.88. The number of halogens is 1. The van der Waals surface area contributed by atoms with E-state index in [2.05, 4.69) is 20.4 Å². The van der Waals surface area contributed by atoms with Crippen LogP contribution in [-0.2, 0) is 0 Å². The number of anilines is 1. The monoisotopic (exact) mass is 382 g/mol. The van der Waals surface area contributed by atoms with Crippen molar-refractivity contribution < 1.29 is 9.21 Å². The van der Waals surface area contributed by atoms with Crippen molar-refractivity contribution in [2.45, 2.75) is 18.9 Å². The molecule has 1 aliphatic rings. The predicted octanol–water partition coefficient (Wildman–Crippen LogP) is 3.84. The van der Waals surface area contributed by atoms with Gasteiger partial charge in [-0.3, -0.25) is 4.79 Å². The fraction of sp³-hybridized carbons (Fsp3) is 0.250. The molecular formula is C20H19ClN4O2. The molecule has 27 heavy (non-hydrogen) atoms. The highest BCUT2D eigenvalue weighted by Crippen LogP contribution is 2.26. The van der Waals surface area contributed by atoms with Crippen molar-refractivity contribution in [3.05, 3.63) is 76.6 Å². The number of nitrogens with one attached hydrogen (secondary N) is 1. The molecule has 4 rings (SSSR count). The lowest BCUT2D eigenvalue weighted by molar-refractivity contribution is 0.0938. The number of amides is 1.